The largest absolute Gasteiger partial charge is 0.324 e. The van der Waals surface area contributed by atoms with E-state index in [-0.39, 0.29) is 5.54 Å². The van der Waals surface area contributed by atoms with Crippen molar-refractivity contribution in [3.05, 3.63) is 35.9 Å². The number of rotatable bonds is 5. The zero-order valence-electron chi connectivity index (χ0n) is 13.2. The highest BCUT2D eigenvalue weighted by molar-refractivity contribution is 5.20. The lowest BCUT2D eigenvalue weighted by molar-refractivity contribution is 0.0662. The Balaban J connectivity index is 2.17. The van der Waals surface area contributed by atoms with E-state index in [9.17, 15) is 0 Å². The number of piperazine rings is 1. The first-order valence-electron chi connectivity index (χ1n) is 7.84. The quantitative estimate of drug-likeness (QED) is 0.896. The van der Waals surface area contributed by atoms with Crippen molar-refractivity contribution in [3.8, 4) is 0 Å². The van der Waals surface area contributed by atoms with Crippen molar-refractivity contribution in [1.29, 1.82) is 0 Å². The van der Waals surface area contributed by atoms with Crippen LogP contribution in [-0.2, 0) is 0 Å². The average molecular weight is 275 g/mol. The number of benzene rings is 1. The average Bonchev–Trinajstić information content (AvgIpc) is 2.50. The third-order valence-electron chi connectivity index (χ3n) is 4.80. The van der Waals surface area contributed by atoms with E-state index >= 15 is 0 Å². The minimum Gasteiger partial charge on any atom is -0.324 e. The molecule has 1 aliphatic heterocycles. The summed E-state index contributed by atoms with van der Waals surface area (Å²) in [6, 6.07) is 11.3. The summed E-state index contributed by atoms with van der Waals surface area (Å²) in [5.74, 6) is 0. The molecular weight excluding hydrogens is 246 g/mol. The van der Waals surface area contributed by atoms with Gasteiger partial charge < -0.3 is 10.6 Å². The molecule has 0 aromatic heterocycles. The van der Waals surface area contributed by atoms with Crippen molar-refractivity contribution in [2.24, 2.45) is 5.73 Å². The van der Waals surface area contributed by atoms with E-state index in [4.69, 9.17) is 5.73 Å². The molecule has 1 aliphatic rings. The molecule has 112 valence electrons. The molecule has 0 radical (unpaired) electrons. The van der Waals surface area contributed by atoms with Crippen LogP contribution in [0.3, 0.4) is 0 Å². The molecule has 2 N–H and O–H groups in total. The van der Waals surface area contributed by atoms with Crippen molar-refractivity contribution < 1.29 is 0 Å². The van der Waals surface area contributed by atoms with Crippen LogP contribution in [0.4, 0.5) is 0 Å². The maximum atomic E-state index is 6.55. The number of nitrogens with two attached hydrogens (primary N) is 1. The van der Waals surface area contributed by atoms with Gasteiger partial charge in [0.05, 0.1) is 0 Å². The summed E-state index contributed by atoms with van der Waals surface area (Å²) in [7, 11) is 2.21. The van der Waals surface area contributed by atoms with Gasteiger partial charge in [-0.05, 0) is 25.5 Å². The monoisotopic (exact) mass is 275 g/mol. The van der Waals surface area contributed by atoms with E-state index in [1.807, 2.05) is 0 Å². The summed E-state index contributed by atoms with van der Waals surface area (Å²) >= 11 is 0. The summed E-state index contributed by atoms with van der Waals surface area (Å²) < 4.78 is 0. The second kappa shape index (κ2) is 6.70. The Hall–Kier alpha value is -0.900. The van der Waals surface area contributed by atoms with Gasteiger partial charge in [-0.1, -0.05) is 44.2 Å². The highest BCUT2D eigenvalue weighted by Gasteiger charge is 2.32. The lowest BCUT2D eigenvalue weighted by atomic mass is 9.91. The predicted octanol–water partition coefficient (Wildman–Crippen LogP) is 2.49. The van der Waals surface area contributed by atoms with Crippen LogP contribution < -0.4 is 5.73 Å². The van der Waals surface area contributed by atoms with Crippen molar-refractivity contribution in [1.82, 2.24) is 9.80 Å². The Kier molecular flexibility index (Phi) is 5.19. The zero-order chi connectivity index (χ0) is 14.6. The highest BCUT2D eigenvalue weighted by atomic mass is 15.3. The van der Waals surface area contributed by atoms with E-state index < -0.39 is 0 Å². The van der Waals surface area contributed by atoms with Gasteiger partial charge >= 0.3 is 0 Å². The van der Waals surface area contributed by atoms with Crippen molar-refractivity contribution in [2.45, 2.75) is 38.3 Å². The number of hydrogen-bond donors (Lipinski definition) is 1. The molecule has 1 fully saturated rings. The van der Waals surface area contributed by atoms with Crippen LogP contribution in [0.25, 0.3) is 0 Å². The maximum Gasteiger partial charge on any atom is 0.0476 e. The van der Waals surface area contributed by atoms with Crippen LogP contribution >= 0.6 is 0 Å². The van der Waals surface area contributed by atoms with Gasteiger partial charge in [-0.2, -0.15) is 0 Å². The fraction of sp³-hybridized carbons (Fsp3) is 0.647. The van der Waals surface area contributed by atoms with Crippen LogP contribution in [0.1, 0.15) is 38.3 Å². The second-order valence-corrected chi connectivity index (χ2v) is 6.23. The molecule has 1 aromatic rings. The van der Waals surface area contributed by atoms with Crippen LogP contribution in [-0.4, -0.2) is 48.6 Å². The number of hydrogen-bond acceptors (Lipinski definition) is 3. The first kappa shape index (κ1) is 15.5. The Morgan fingerprint density at radius 3 is 2.40 bits per heavy atom. The molecule has 0 aliphatic carbocycles. The van der Waals surface area contributed by atoms with Gasteiger partial charge in [0, 0.05) is 37.8 Å². The van der Waals surface area contributed by atoms with E-state index in [1.165, 1.54) is 5.56 Å². The molecule has 1 saturated heterocycles. The van der Waals surface area contributed by atoms with Gasteiger partial charge in [-0.15, -0.1) is 0 Å². The van der Waals surface area contributed by atoms with Crippen LogP contribution in [0.5, 0.6) is 0 Å². The zero-order valence-corrected chi connectivity index (χ0v) is 13.2. The van der Waals surface area contributed by atoms with E-state index in [2.05, 4.69) is 61.0 Å². The van der Waals surface area contributed by atoms with Crippen LogP contribution in [0, 0.1) is 0 Å². The Morgan fingerprint density at radius 2 is 1.80 bits per heavy atom. The van der Waals surface area contributed by atoms with Gasteiger partial charge in [0.15, 0.2) is 0 Å². The first-order chi connectivity index (χ1) is 9.58. The van der Waals surface area contributed by atoms with Crippen molar-refractivity contribution in [3.63, 3.8) is 0 Å². The molecule has 1 unspecified atom stereocenters. The summed E-state index contributed by atoms with van der Waals surface area (Å²) in [6.07, 6.45) is 2.08. The van der Waals surface area contributed by atoms with Crippen molar-refractivity contribution >= 4 is 0 Å². The van der Waals surface area contributed by atoms with Gasteiger partial charge in [0.1, 0.15) is 0 Å². The van der Waals surface area contributed by atoms with Gasteiger partial charge in [0.25, 0.3) is 0 Å². The Morgan fingerprint density at radius 1 is 1.15 bits per heavy atom. The Bertz CT molecular complexity index is 400. The molecule has 0 spiro atoms. The molecule has 1 heterocycles. The lowest BCUT2D eigenvalue weighted by Gasteiger charge is -2.44. The van der Waals surface area contributed by atoms with Crippen LogP contribution in [0.15, 0.2) is 30.3 Å². The molecule has 0 bridgehead atoms. The first-order valence-corrected chi connectivity index (χ1v) is 7.84. The number of nitrogens with zero attached hydrogens (tertiary/aromatic N) is 2. The van der Waals surface area contributed by atoms with Gasteiger partial charge in [-0.3, -0.25) is 4.90 Å². The smallest absolute Gasteiger partial charge is 0.0476 e. The fourth-order valence-corrected chi connectivity index (χ4v) is 3.02. The molecule has 3 nitrogen and oxygen atoms in total. The van der Waals surface area contributed by atoms with Gasteiger partial charge in [0.2, 0.25) is 0 Å². The van der Waals surface area contributed by atoms with E-state index in [1.54, 1.807) is 0 Å². The summed E-state index contributed by atoms with van der Waals surface area (Å²) in [4.78, 5) is 5.01. The summed E-state index contributed by atoms with van der Waals surface area (Å²) in [5.41, 5.74) is 7.91. The van der Waals surface area contributed by atoms with E-state index in [0.29, 0.717) is 6.04 Å². The third kappa shape index (κ3) is 3.60. The van der Waals surface area contributed by atoms with Crippen molar-refractivity contribution in [2.75, 3.05) is 33.2 Å². The molecule has 2 rings (SSSR count). The highest BCUT2D eigenvalue weighted by Crippen LogP contribution is 2.27. The maximum absolute atomic E-state index is 6.55. The molecule has 0 saturated carbocycles. The molecule has 20 heavy (non-hydrogen) atoms. The normalized spacial score (nSPS) is 22.1. The second-order valence-electron chi connectivity index (χ2n) is 6.23. The molecule has 1 aromatic carbocycles. The van der Waals surface area contributed by atoms with Crippen LogP contribution in [0.2, 0.25) is 0 Å². The Labute approximate surface area is 123 Å². The minimum atomic E-state index is -0.0526. The lowest BCUT2D eigenvalue weighted by Crippen LogP contribution is -2.55. The number of likely N-dealkylation sites (N-methyl/N-ethyl adjacent to an activating group) is 1. The fourth-order valence-electron chi connectivity index (χ4n) is 3.02. The summed E-state index contributed by atoms with van der Waals surface area (Å²) in [5, 5.41) is 0. The molecular formula is C17H29N3. The standard InChI is InChI=1S/C17H29N3/c1-4-17(18,5-2)14-20-12-11-19(3)13-16(20)15-9-7-6-8-10-15/h6-10,16H,4-5,11-14,18H2,1-3H3. The minimum absolute atomic E-state index is 0.0526. The molecule has 3 heteroatoms. The molecule has 1 atom stereocenters. The predicted molar refractivity (Wildman–Crippen MR) is 85.8 cm³/mol. The van der Waals surface area contributed by atoms with E-state index in [0.717, 1.165) is 39.0 Å². The molecule has 0 amide bonds. The summed E-state index contributed by atoms with van der Waals surface area (Å²) in [6.45, 7) is 8.73. The van der Waals surface area contributed by atoms with Gasteiger partial charge in [-0.25, -0.2) is 0 Å². The SMILES string of the molecule is CCC(N)(CC)CN1CCN(C)CC1c1ccccc1. The third-order valence-corrected chi connectivity index (χ3v) is 4.80. The topological polar surface area (TPSA) is 32.5 Å².